The van der Waals surface area contributed by atoms with Gasteiger partial charge in [-0.15, -0.1) is 10.2 Å². The number of carbonyl (C=O) groups is 1. The van der Waals surface area contributed by atoms with Gasteiger partial charge in [-0.3, -0.25) is 14.0 Å². The molecule has 33 heavy (non-hydrogen) atoms. The lowest BCUT2D eigenvalue weighted by Crippen LogP contribution is -2.26. The van der Waals surface area contributed by atoms with Crippen LogP contribution in [0.25, 0.3) is 16.7 Å². The predicted molar refractivity (Wildman–Crippen MR) is 124 cm³/mol. The molecule has 0 aliphatic carbocycles. The van der Waals surface area contributed by atoms with Crippen LogP contribution in [-0.2, 0) is 17.8 Å². The van der Waals surface area contributed by atoms with E-state index in [-0.39, 0.29) is 23.0 Å². The van der Waals surface area contributed by atoms with Crippen molar-refractivity contribution in [3.05, 3.63) is 73.8 Å². The normalized spacial score (nSPS) is 16.6. The molecule has 2 aromatic heterocycles. The number of amides is 1. The summed E-state index contributed by atoms with van der Waals surface area (Å²) in [5, 5.41) is 9.21. The molecule has 1 N–H and O–H groups in total. The third kappa shape index (κ3) is 3.32. The number of aromatic nitrogens is 4. The minimum atomic E-state index is -0.293. The average Bonchev–Trinajstić information content (AvgIpc) is 3.44. The van der Waals surface area contributed by atoms with Crippen LogP contribution in [0.15, 0.2) is 35.1 Å². The zero-order valence-corrected chi connectivity index (χ0v) is 18.9. The molecule has 1 amide bonds. The Morgan fingerprint density at radius 1 is 1.12 bits per heavy atom. The molecule has 2 aliphatic heterocycles. The van der Waals surface area contributed by atoms with Gasteiger partial charge in [0.05, 0.1) is 11.0 Å². The number of carbonyl (C=O) groups excluding carboxylic acids is 1. The van der Waals surface area contributed by atoms with Crippen LogP contribution in [0.3, 0.4) is 0 Å². The lowest BCUT2D eigenvalue weighted by molar-refractivity contribution is 0.0751. The van der Waals surface area contributed by atoms with E-state index in [9.17, 15) is 9.59 Å². The SMILES string of the molecule is Cc1cc2[nH]c(=O)c3nnc(C4CCOCC4)n3c2cc1C(=O)N1Cc2ccc(Cl)cc2C1. The third-order valence-electron chi connectivity index (χ3n) is 6.72. The standard InChI is InChI=1S/C24H22ClN5O3/c1-13-8-19-20(10-18(13)24(32)29-11-15-2-3-17(25)9-16(15)12-29)30-21(14-4-6-33-7-5-14)27-28-22(30)23(31)26-19/h2-3,8-10,14H,4-7,11-12H2,1H3,(H,26,31). The molecule has 0 bridgehead atoms. The zero-order valence-electron chi connectivity index (χ0n) is 18.1. The van der Waals surface area contributed by atoms with Crippen LogP contribution >= 0.6 is 11.6 Å². The summed E-state index contributed by atoms with van der Waals surface area (Å²) < 4.78 is 7.31. The van der Waals surface area contributed by atoms with E-state index in [1.165, 1.54) is 0 Å². The fraction of sp³-hybridized carbons (Fsp3) is 0.333. The summed E-state index contributed by atoms with van der Waals surface area (Å²) >= 11 is 6.14. The topological polar surface area (TPSA) is 92.6 Å². The van der Waals surface area contributed by atoms with Gasteiger partial charge in [0.1, 0.15) is 5.82 Å². The molecule has 6 rings (SSSR count). The number of hydrogen-bond donors (Lipinski definition) is 1. The van der Waals surface area contributed by atoms with Crippen LogP contribution in [0.4, 0.5) is 0 Å². The van der Waals surface area contributed by atoms with E-state index in [1.807, 2.05) is 46.6 Å². The molecule has 8 nitrogen and oxygen atoms in total. The molecular formula is C24H22ClN5O3. The Morgan fingerprint density at radius 2 is 1.91 bits per heavy atom. The average molecular weight is 464 g/mol. The fourth-order valence-electron chi connectivity index (χ4n) is 4.97. The molecule has 2 aliphatic rings. The van der Waals surface area contributed by atoms with Crippen LogP contribution in [0, 0.1) is 6.92 Å². The molecule has 0 saturated carbocycles. The molecule has 0 atom stereocenters. The van der Waals surface area contributed by atoms with E-state index in [0.29, 0.717) is 42.4 Å². The van der Waals surface area contributed by atoms with Crippen molar-refractivity contribution in [1.29, 1.82) is 0 Å². The minimum Gasteiger partial charge on any atom is -0.381 e. The summed E-state index contributed by atoms with van der Waals surface area (Å²) in [6.45, 7) is 4.27. The number of hydrogen-bond acceptors (Lipinski definition) is 5. The number of ether oxygens (including phenoxy) is 1. The largest absolute Gasteiger partial charge is 0.381 e. The molecule has 9 heteroatoms. The lowest BCUT2D eigenvalue weighted by Gasteiger charge is -2.21. The molecule has 0 radical (unpaired) electrons. The van der Waals surface area contributed by atoms with E-state index >= 15 is 0 Å². The van der Waals surface area contributed by atoms with Crippen molar-refractivity contribution in [1.82, 2.24) is 24.5 Å². The van der Waals surface area contributed by atoms with Crippen LogP contribution in [0.2, 0.25) is 5.02 Å². The van der Waals surface area contributed by atoms with Crippen LogP contribution in [-0.4, -0.2) is 43.6 Å². The highest BCUT2D eigenvalue weighted by atomic mass is 35.5. The van der Waals surface area contributed by atoms with Gasteiger partial charge in [-0.2, -0.15) is 0 Å². The van der Waals surface area contributed by atoms with Gasteiger partial charge in [0.15, 0.2) is 0 Å². The van der Waals surface area contributed by atoms with E-state index in [1.54, 1.807) is 0 Å². The summed E-state index contributed by atoms with van der Waals surface area (Å²) in [6, 6.07) is 9.47. The smallest absolute Gasteiger partial charge is 0.294 e. The summed E-state index contributed by atoms with van der Waals surface area (Å²) in [5.41, 5.74) is 4.92. The number of benzene rings is 2. The zero-order chi connectivity index (χ0) is 22.7. The van der Waals surface area contributed by atoms with Gasteiger partial charge >= 0.3 is 0 Å². The van der Waals surface area contributed by atoms with Gasteiger partial charge in [-0.1, -0.05) is 17.7 Å². The Balaban J connectivity index is 1.47. The number of aromatic amines is 1. The highest BCUT2D eigenvalue weighted by Gasteiger charge is 2.27. The Kier molecular flexibility index (Phi) is 4.74. The predicted octanol–water partition coefficient (Wildman–Crippen LogP) is 3.58. The highest BCUT2D eigenvalue weighted by molar-refractivity contribution is 6.30. The number of aryl methyl sites for hydroxylation is 1. The maximum atomic E-state index is 13.6. The maximum Gasteiger partial charge on any atom is 0.294 e. The van der Waals surface area contributed by atoms with E-state index in [2.05, 4.69) is 15.2 Å². The number of fused-ring (bicyclic) bond motifs is 4. The van der Waals surface area contributed by atoms with Gasteiger partial charge in [-0.25, -0.2) is 0 Å². The number of H-pyrrole nitrogens is 1. The molecule has 168 valence electrons. The van der Waals surface area contributed by atoms with Gasteiger partial charge in [0, 0.05) is 42.8 Å². The van der Waals surface area contributed by atoms with Crippen molar-refractivity contribution in [2.45, 2.75) is 38.8 Å². The van der Waals surface area contributed by atoms with Crippen molar-refractivity contribution in [2.24, 2.45) is 0 Å². The Hall–Kier alpha value is -3.23. The fourth-order valence-corrected chi connectivity index (χ4v) is 5.16. The second-order valence-electron chi connectivity index (χ2n) is 8.82. The van der Waals surface area contributed by atoms with Crippen LogP contribution < -0.4 is 5.56 Å². The number of nitrogens with one attached hydrogen (secondary N) is 1. The summed E-state index contributed by atoms with van der Waals surface area (Å²) in [5.74, 6) is 0.841. The summed E-state index contributed by atoms with van der Waals surface area (Å²) in [6.07, 6.45) is 1.64. The first-order valence-corrected chi connectivity index (χ1v) is 11.4. The minimum absolute atomic E-state index is 0.0539. The first-order valence-electron chi connectivity index (χ1n) is 11.1. The maximum absolute atomic E-state index is 13.6. The molecule has 1 saturated heterocycles. The van der Waals surface area contributed by atoms with E-state index < -0.39 is 0 Å². The number of halogens is 1. The van der Waals surface area contributed by atoms with Crippen molar-refractivity contribution >= 4 is 34.2 Å². The Bertz CT molecular complexity index is 1490. The molecular weight excluding hydrogens is 442 g/mol. The number of rotatable bonds is 2. The molecule has 0 spiro atoms. The third-order valence-corrected chi connectivity index (χ3v) is 6.95. The number of nitrogens with zero attached hydrogens (tertiary/aromatic N) is 4. The molecule has 4 heterocycles. The summed E-state index contributed by atoms with van der Waals surface area (Å²) in [4.78, 5) is 31.0. The van der Waals surface area contributed by atoms with Crippen molar-refractivity contribution in [3.63, 3.8) is 0 Å². The van der Waals surface area contributed by atoms with Crippen molar-refractivity contribution < 1.29 is 9.53 Å². The molecule has 2 aromatic carbocycles. The second kappa shape index (κ2) is 7.67. The van der Waals surface area contributed by atoms with Crippen LogP contribution in [0.1, 0.15) is 51.6 Å². The molecule has 4 aromatic rings. The van der Waals surface area contributed by atoms with Gasteiger partial charge in [-0.05, 0) is 60.7 Å². The van der Waals surface area contributed by atoms with Crippen molar-refractivity contribution in [3.8, 4) is 0 Å². The Morgan fingerprint density at radius 3 is 2.73 bits per heavy atom. The lowest BCUT2D eigenvalue weighted by atomic mass is 9.99. The quantitative estimate of drug-likeness (QED) is 0.490. The first kappa shape index (κ1) is 20.4. The summed E-state index contributed by atoms with van der Waals surface area (Å²) in [7, 11) is 0. The molecule has 1 fully saturated rings. The van der Waals surface area contributed by atoms with E-state index in [0.717, 1.165) is 40.9 Å². The van der Waals surface area contributed by atoms with Gasteiger partial charge < -0.3 is 14.6 Å². The second-order valence-corrected chi connectivity index (χ2v) is 9.25. The van der Waals surface area contributed by atoms with Crippen molar-refractivity contribution in [2.75, 3.05) is 13.2 Å². The van der Waals surface area contributed by atoms with E-state index in [4.69, 9.17) is 16.3 Å². The van der Waals surface area contributed by atoms with Gasteiger partial charge in [0.2, 0.25) is 5.65 Å². The molecule has 0 unspecified atom stereocenters. The van der Waals surface area contributed by atoms with Crippen LogP contribution in [0.5, 0.6) is 0 Å². The van der Waals surface area contributed by atoms with Gasteiger partial charge in [0.25, 0.3) is 11.5 Å². The monoisotopic (exact) mass is 463 g/mol. The Labute approximate surface area is 194 Å². The highest BCUT2D eigenvalue weighted by Crippen LogP contribution is 2.30. The first-order chi connectivity index (χ1) is 16.0.